The second-order valence-corrected chi connectivity index (χ2v) is 7.04. The zero-order valence-corrected chi connectivity index (χ0v) is 15.5. The molecule has 0 atom stereocenters. The van der Waals surface area contributed by atoms with Gasteiger partial charge in [-0.05, 0) is 25.2 Å². The molecule has 0 heterocycles. The monoisotopic (exact) mass is 312 g/mol. The van der Waals surface area contributed by atoms with Gasteiger partial charge in [-0.2, -0.15) is 0 Å². The van der Waals surface area contributed by atoms with Crippen LogP contribution >= 0.6 is 0 Å². The van der Waals surface area contributed by atoms with Crippen LogP contribution in [0.15, 0.2) is 0 Å². The van der Waals surface area contributed by atoms with Crippen LogP contribution in [0.4, 0.5) is 0 Å². The molecule has 0 aliphatic carbocycles. The first kappa shape index (κ1) is 21.5. The summed E-state index contributed by atoms with van der Waals surface area (Å²) in [7, 11) is 0. The van der Waals surface area contributed by atoms with E-state index in [9.17, 15) is 4.79 Å². The molecule has 0 unspecified atom stereocenters. The van der Waals surface area contributed by atoms with E-state index in [-0.39, 0.29) is 5.97 Å². The SMILES string of the molecule is CCCCCCCCCCCCCC(=O)OCCCC(C)C. The molecular formula is C20H40O2. The first-order chi connectivity index (χ1) is 10.7. The van der Waals surface area contributed by atoms with E-state index in [1.54, 1.807) is 0 Å². The van der Waals surface area contributed by atoms with E-state index in [0.29, 0.717) is 18.9 Å². The van der Waals surface area contributed by atoms with Crippen molar-refractivity contribution in [2.45, 2.75) is 111 Å². The topological polar surface area (TPSA) is 26.3 Å². The Morgan fingerprint density at radius 3 is 1.77 bits per heavy atom. The van der Waals surface area contributed by atoms with E-state index >= 15 is 0 Å². The van der Waals surface area contributed by atoms with E-state index in [1.807, 2.05) is 0 Å². The Morgan fingerprint density at radius 2 is 1.27 bits per heavy atom. The number of unbranched alkanes of at least 4 members (excludes halogenated alkanes) is 10. The third kappa shape index (κ3) is 17.5. The normalized spacial score (nSPS) is 11.1. The van der Waals surface area contributed by atoms with E-state index < -0.39 is 0 Å². The van der Waals surface area contributed by atoms with Crippen molar-refractivity contribution in [3.05, 3.63) is 0 Å². The number of ether oxygens (including phenoxy) is 1. The molecule has 0 amide bonds. The highest BCUT2D eigenvalue weighted by molar-refractivity contribution is 5.69. The Hall–Kier alpha value is -0.530. The molecule has 0 radical (unpaired) electrons. The lowest BCUT2D eigenvalue weighted by Crippen LogP contribution is -2.06. The molecule has 0 aliphatic rings. The lowest BCUT2D eigenvalue weighted by atomic mass is 10.1. The van der Waals surface area contributed by atoms with Gasteiger partial charge in [0.15, 0.2) is 0 Å². The van der Waals surface area contributed by atoms with Crippen LogP contribution in [0.2, 0.25) is 0 Å². The Kier molecular flexibility index (Phi) is 16.4. The standard InChI is InChI=1S/C20H40O2/c1-4-5-6-7-8-9-10-11-12-13-14-17-20(21)22-18-15-16-19(2)3/h19H,4-18H2,1-3H3. The molecule has 0 N–H and O–H groups in total. The maximum Gasteiger partial charge on any atom is 0.305 e. The molecule has 0 aromatic heterocycles. The molecule has 0 aliphatic heterocycles. The minimum absolute atomic E-state index is 0.000296. The average molecular weight is 313 g/mol. The summed E-state index contributed by atoms with van der Waals surface area (Å²) in [4.78, 5) is 11.5. The number of carbonyl (C=O) groups excluding carboxylic acids is 1. The van der Waals surface area contributed by atoms with Crippen LogP contribution in [0.25, 0.3) is 0 Å². The number of esters is 1. The molecule has 2 heteroatoms. The summed E-state index contributed by atoms with van der Waals surface area (Å²) < 4.78 is 5.25. The molecule has 0 spiro atoms. The number of hydrogen-bond acceptors (Lipinski definition) is 2. The quantitative estimate of drug-likeness (QED) is 0.235. The Balaban J connectivity index is 3.14. The van der Waals surface area contributed by atoms with E-state index in [4.69, 9.17) is 4.74 Å². The highest BCUT2D eigenvalue weighted by Gasteiger charge is 2.03. The first-order valence-electron chi connectivity index (χ1n) is 9.82. The Morgan fingerprint density at radius 1 is 0.773 bits per heavy atom. The Bertz CT molecular complexity index is 236. The Labute approximate surface area is 139 Å². The summed E-state index contributed by atoms with van der Waals surface area (Å²) in [6, 6.07) is 0. The summed E-state index contributed by atoms with van der Waals surface area (Å²) >= 11 is 0. The number of hydrogen-bond donors (Lipinski definition) is 0. The van der Waals surface area contributed by atoms with Crippen molar-refractivity contribution in [2.75, 3.05) is 6.61 Å². The zero-order chi connectivity index (χ0) is 16.5. The number of carbonyl (C=O) groups is 1. The summed E-state index contributed by atoms with van der Waals surface area (Å²) in [5.41, 5.74) is 0. The molecule has 0 rings (SSSR count). The fourth-order valence-corrected chi connectivity index (χ4v) is 2.68. The minimum Gasteiger partial charge on any atom is -0.466 e. The predicted octanol–water partition coefficient (Wildman–Crippen LogP) is 6.67. The van der Waals surface area contributed by atoms with E-state index in [2.05, 4.69) is 20.8 Å². The molecule has 0 saturated carbocycles. The lowest BCUT2D eigenvalue weighted by molar-refractivity contribution is -0.143. The summed E-state index contributed by atoms with van der Waals surface area (Å²) in [6.45, 7) is 7.27. The molecule has 2 nitrogen and oxygen atoms in total. The van der Waals surface area contributed by atoms with Crippen LogP contribution in [-0.4, -0.2) is 12.6 Å². The highest BCUT2D eigenvalue weighted by Crippen LogP contribution is 2.12. The van der Waals surface area contributed by atoms with Gasteiger partial charge in [-0.15, -0.1) is 0 Å². The second-order valence-electron chi connectivity index (χ2n) is 7.04. The van der Waals surface area contributed by atoms with Gasteiger partial charge in [0, 0.05) is 6.42 Å². The van der Waals surface area contributed by atoms with Crippen molar-refractivity contribution < 1.29 is 9.53 Å². The summed E-state index contributed by atoms with van der Waals surface area (Å²) in [5.74, 6) is 0.699. The summed E-state index contributed by atoms with van der Waals surface area (Å²) in [6.07, 6.45) is 17.3. The van der Waals surface area contributed by atoms with Gasteiger partial charge in [0.05, 0.1) is 6.61 Å². The molecule has 0 bridgehead atoms. The highest BCUT2D eigenvalue weighted by atomic mass is 16.5. The minimum atomic E-state index is -0.000296. The van der Waals surface area contributed by atoms with Gasteiger partial charge in [0.2, 0.25) is 0 Å². The van der Waals surface area contributed by atoms with Crippen molar-refractivity contribution in [1.82, 2.24) is 0 Å². The maximum atomic E-state index is 11.5. The average Bonchev–Trinajstić information content (AvgIpc) is 2.49. The number of rotatable bonds is 16. The fraction of sp³-hybridized carbons (Fsp3) is 0.950. The van der Waals surface area contributed by atoms with Gasteiger partial charge < -0.3 is 4.74 Å². The van der Waals surface area contributed by atoms with Gasteiger partial charge >= 0.3 is 5.97 Å². The first-order valence-corrected chi connectivity index (χ1v) is 9.82. The van der Waals surface area contributed by atoms with Gasteiger partial charge in [0.25, 0.3) is 0 Å². The summed E-state index contributed by atoms with van der Waals surface area (Å²) in [5, 5.41) is 0. The largest absolute Gasteiger partial charge is 0.466 e. The van der Waals surface area contributed by atoms with Crippen LogP contribution < -0.4 is 0 Å². The van der Waals surface area contributed by atoms with Gasteiger partial charge in [-0.3, -0.25) is 4.79 Å². The van der Waals surface area contributed by atoms with E-state index in [1.165, 1.54) is 64.2 Å². The van der Waals surface area contributed by atoms with Crippen LogP contribution in [0, 0.1) is 5.92 Å². The van der Waals surface area contributed by atoms with Crippen LogP contribution in [0.3, 0.4) is 0 Å². The van der Waals surface area contributed by atoms with E-state index in [0.717, 1.165) is 19.3 Å². The zero-order valence-electron chi connectivity index (χ0n) is 15.5. The molecule has 0 aromatic carbocycles. The molecule has 132 valence electrons. The third-order valence-corrected chi connectivity index (χ3v) is 4.17. The van der Waals surface area contributed by atoms with Crippen molar-refractivity contribution in [3.8, 4) is 0 Å². The fourth-order valence-electron chi connectivity index (χ4n) is 2.68. The molecule has 22 heavy (non-hydrogen) atoms. The van der Waals surface area contributed by atoms with Gasteiger partial charge in [-0.1, -0.05) is 85.0 Å². The van der Waals surface area contributed by atoms with Crippen LogP contribution in [0.1, 0.15) is 111 Å². The molecule has 0 fully saturated rings. The van der Waals surface area contributed by atoms with Crippen molar-refractivity contribution in [1.29, 1.82) is 0 Å². The molecular weight excluding hydrogens is 272 g/mol. The smallest absolute Gasteiger partial charge is 0.305 e. The second kappa shape index (κ2) is 16.8. The van der Waals surface area contributed by atoms with Gasteiger partial charge in [-0.25, -0.2) is 0 Å². The van der Waals surface area contributed by atoms with Crippen LogP contribution in [0.5, 0.6) is 0 Å². The lowest BCUT2D eigenvalue weighted by Gasteiger charge is -2.06. The van der Waals surface area contributed by atoms with Gasteiger partial charge in [0.1, 0.15) is 0 Å². The van der Waals surface area contributed by atoms with Crippen LogP contribution in [-0.2, 0) is 9.53 Å². The molecule has 0 aromatic rings. The predicted molar refractivity (Wildman–Crippen MR) is 96.1 cm³/mol. The third-order valence-electron chi connectivity index (χ3n) is 4.17. The maximum absolute atomic E-state index is 11.5. The van der Waals surface area contributed by atoms with Crippen molar-refractivity contribution >= 4 is 5.97 Å². The van der Waals surface area contributed by atoms with Crippen molar-refractivity contribution in [2.24, 2.45) is 5.92 Å². The van der Waals surface area contributed by atoms with Crippen molar-refractivity contribution in [3.63, 3.8) is 0 Å². The molecule has 0 saturated heterocycles.